The Balaban J connectivity index is 1.30. The first-order chi connectivity index (χ1) is 26.0. The average molecular weight is 773 g/mol. The summed E-state index contributed by atoms with van der Waals surface area (Å²) in [6.07, 6.45) is 12.7. The first-order valence-corrected chi connectivity index (χ1v) is 16.6. The van der Waals surface area contributed by atoms with Crippen LogP contribution < -0.4 is 0 Å². The molecule has 0 aromatic heterocycles. The van der Waals surface area contributed by atoms with Gasteiger partial charge in [-0.05, 0) is 25.2 Å². The van der Waals surface area contributed by atoms with Crippen LogP contribution in [0, 0.1) is 0 Å². The third-order valence-electron chi connectivity index (χ3n) is 8.18. The summed E-state index contributed by atoms with van der Waals surface area (Å²) in [4.78, 5) is 74.3. The summed E-state index contributed by atoms with van der Waals surface area (Å²) in [6.45, 7) is 4.20. The number of hydrogen-bond donors (Lipinski definition) is 2. The smallest absolute Gasteiger partial charge is 0.348 e. The zero-order chi connectivity index (χ0) is 40.4. The van der Waals surface area contributed by atoms with E-state index in [1.54, 1.807) is 0 Å². The largest absolute Gasteiger partial charge is 0.481 e. The summed E-state index contributed by atoms with van der Waals surface area (Å²) in [6, 6.07) is 0. The number of aliphatic hydroxyl groups is 2. The summed E-state index contributed by atoms with van der Waals surface area (Å²) in [5.41, 5.74) is -0.841. The van der Waals surface area contributed by atoms with Crippen molar-refractivity contribution in [3.05, 3.63) is 94.9 Å². The highest BCUT2D eigenvalue weighted by Crippen LogP contribution is 2.45. The van der Waals surface area contributed by atoms with E-state index in [2.05, 4.69) is 0 Å². The van der Waals surface area contributed by atoms with Gasteiger partial charge in [-0.1, -0.05) is 42.5 Å². The molecule has 1 aliphatic carbocycles. The van der Waals surface area contributed by atoms with E-state index in [0.29, 0.717) is 0 Å². The lowest BCUT2D eigenvalue weighted by Crippen LogP contribution is -2.56. The van der Waals surface area contributed by atoms with Crippen LogP contribution in [0.4, 0.5) is 0 Å². The molecule has 2 atom stereocenters. The van der Waals surface area contributed by atoms with E-state index in [1.807, 2.05) is 0 Å². The molecule has 2 spiro atoms. The Morgan fingerprint density at radius 2 is 1.25 bits per heavy atom. The number of allylic oxidation sites excluding steroid dienone is 10. The average Bonchev–Trinajstić information content (AvgIpc) is 3.09. The number of aliphatic hydroxyl groups excluding tert-OH is 2. The first kappa shape index (κ1) is 41.6. The Labute approximate surface area is 314 Å². The molecule has 0 bridgehead atoms. The Bertz CT molecular complexity index is 1770. The monoisotopic (exact) mass is 772 g/mol. The van der Waals surface area contributed by atoms with Gasteiger partial charge < -0.3 is 57.6 Å². The summed E-state index contributed by atoms with van der Waals surface area (Å²) in [5, 5.41) is 20.3. The van der Waals surface area contributed by atoms with Gasteiger partial charge in [-0.2, -0.15) is 0 Å². The Morgan fingerprint density at radius 1 is 0.745 bits per heavy atom. The van der Waals surface area contributed by atoms with Gasteiger partial charge in [-0.15, -0.1) is 0 Å². The zero-order valence-corrected chi connectivity index (χ0v) is 30.5. The highest BCUT2D eigenvalue weighted by Gasteiger charge is 2.56. The molecule has 3 heterocycles. The molecular formula is C37H40O18. The van der Waals surface area contributed by atoms with Gasteiger partial charge in [-0.25, -0.2) is 24.0 Å². The van der Waals surface area contributed by atoms with Crippen LogP contribution in [0.3, 0.4) is 0 Å². The molecule has 55 heavy (non-hydrogen) atoms. The number of hydrogen-bond acceptors (Lipinski definition) is 18. The molecule has 2 unspecified atom stereocenters. The molecule has 2 N–H and O–H groups in total. The lowest BCUT2D eigenvalue weighted by atomic mass is 9.87. The second-order valence-corrected chi connectivity index (χ2v) is 12.7. The van der Waals surface area contributed by atoms with Crippen LogP contribution in [0.2, 0.25) is 0 Å². The van der Waals surface area contributed by atoms with Crippen LogP contribution in [0.25, 0.3) is 0 Å². The molecule has 1 saturated carbocycles. The molecule has 0 amide bonds. The normalized spacial score (nSPS) is 27.4. The second kappa shape index (κ2) is 17.3. The highest BCUT2D eigenvalue weighted by atomic mass is 16.8. The third kappa shape index (κ3) is 10.3. The van der Waals surface area contributed by atoms with Crippen molar-refractivity contribution in [3.8, 4) is 0 Å². The fourth-order valence-electron chi connectivity index (χ4n) is 5.47. The fourth-order valence-corrected chi connectivity index (χ4v) is 5.47. The summed E-state index contributed by atoms with van der Waals surface area (Å²) in [5.74, 6) is -12.3. The number of cyclic esters (lactones) is 1. The van der Waals surface area contributed by atoms with E-state index in [0.717, 1.165) is 6.08 Å². The topological polar surface area (TPSA) is 235 Å². The van der Waals surface area contributed by atoms with Gasteiger partial charge in [0.05, 0.1) is 0 Å². The minimum atomic E-state index is -1.68. The molecule has 0 aromatic carbocycles. The quantitative estimate of drug-likeness (QED) is 0.0377. The maximum atomic E-state index is 12.8. The van der Waals surface area contributed by atoms with Crippen LogP contribution in [0.1, 0.15) is 46.5 Å². The standard InChI is InChI=1S/C37H40O18/c1-23(27(39)49-34(2,20-46-4)48-22-38)12-8-6-9-14-25-30(42)52-36(53-31(25)43)16-18-37(19-17-36)54-32(44)26(33(45)55-37)15-11-7-10-13-24-28(40)50-35(3,21-47-5)51-29(24)41/h6-15,22,39-40H,16-21H2,1-5H3/b9-6+,11-7+,12-8+,13-10+,25-14?,26-15?,27-23+. The van der Waals surface area contributed by atoms with Gasteiger partial charge >= 0.3 is 29.8 Å². The van der Waals surface area contributed by atoms with E-state index in [4.69, 9.17) is 47.4 Å². The number of esters is 5. The number of carbonyl (C=O) groups is 6. The lowest BCUT2D eigenvalue weighted by molar-refractivity contribution is -0.291. The first-order valence-electron chi connectivity index (χ1n) is 16.6. The number of methoxy groups -OCH3 is 2. The molecule has 4 rings (SSSR count). The van der Waals surface area contributed by atoms with Crippen molar-refractivity contribution >= 4 is 36.3 Å². The maximum Gasteiger partial charge on any atom is 0.348 e. The van der Waals surface area contributed by atoms with Crippen molar-refractivity contribution in [1.29, 1.82) is 0 Å². The Kier molecular flexibility index (Phi) is 13.1. The molecule has 18 heteroatoms. The fraction of sp³-hybridized carbons (Fsp3) is 0.405. The van der Waals surface area contributed by atoms with Gasteiger partial charge in [0.1, 0.15) is 29.9 Å². The predicted octanol–water partition coefficient (Wildman–Crippen LogP) is 3.28. The van der Waals surface area contributed by atoms with Gasteiger partial charge in [0, 0.05) is 59.3 Å². The van der Waals surface area contributed by atoms with Crippen molar-refractivity contribution in [2.75, 3.05) is 27.4 Å². The van der Waals surface area contributed by atoms with E-state index >= 15 is 0 Å². The van der Waals surface area contributed by atoms with E-state index in [9.17, 15) is 39.0 Å². The molecule has 0 aromatic rings. The predicted molar refractivity (Wildman–Crippen MR) is 182 cm³/mol. The lowest BCUT2D eigenvalue weighted by Gasteiger charge is -2.45. The SMILES string of the molecule is COCC1(C)OC(=O)C(/C=C/C=C/C=C2C(=O)OC3(CCC4(CC3)OC(=O)C(=C/C=C/C=C/C(C)=C(\O)OC(C)(COC)OC=O)C(=O)O4)OC2=O)=C(O)O1. The third-order valence-corrected chi connectivity index (χ3v) is 8.18. The van der Waals surface area contributed by atoms with E-state index in [1.165, 1.54) is 89.7 Å². The molecule has 296 valence electrons. The van der Waals surface area contributed by atoms with Crippen LogP contribution >= 0.6 is 0 Å². The number of ether oxygens (including phenoxy) is 10. The summed E-state index contributed by atoms with van der Waals surface area (Å²) >= 11 is 0. The van der Waals surface area contributed by atoms with Crippen LogP contribution in [0.15, 0.2) is 94.9 Å². The van der Waals surface area contributed by atoms with Gasteiger partial charge in [0.25, 0.3) is 41.5 Å². The Morgan fingerprint density at radius 3 is 1.71 bits per heavy atom. The molecule has 2 saturated heterocycles. The molecule has 3 aliphatic heterocycles. The zero-order valence-electron chi connectivity index (χ0n) is 30.5. The number of carbonyl (C=O) groups excluding carboxylic acids is 6. The van der Waals surface area contributed by atoms with Gasteiger partial charge in [0.15, 0.2) is 0 Å². The van der Waals surface area contributed by atoms with Gasteiger partial charge in [0.2, 0.25) is 0 Å². The van der Waals surface area contributed by atoms with Crippen molar-refractivity contribution in [2.24, 2.45) is 0 Å². The van der Waals surface area contributed by atoms with Crippen LogP contribution in [-0.2, 0) is 76.1 Å². The van der Waals surface area contributed by atoms with Crippen molar-refractivity contribution in [1.82, 2.24) is 0 Å². The summed E-state index contributed by atoms with van der Waals surface area (Å²) in [7, 11) is 2.73. The van der Waals surface area contributed by atoms with E-state index < -0.39 is 76.0 Å². The Hall–Kier alpha value is -6.14. The second-order valence-electron chi connectivity index (χ2n) is 12.7. The van der Waals surface area contributed by atoms with Crippen LogP contribution in [-0.4, -0.2) is 97.1 Å². The summed E-state index contributed by atoms with van der Waals surface area (Å²) < 4.78 is 52.3. The highest BCUT2D eigenvalue weighted by molar-refractivity contribution is 6.16. The molecule has 18 nitrogen and oxygen atoms in total. The maximum absolute atomic E-state index is 12.8. The van der Waals surface area contributed by atoms with Crippen molar-refractivity contribution < 1.29 is 86.3 Å². The van der Waals surface area contributed by atoms with Crippen LogP contribution in [0.5, 0.6) is 0 Å². The molecular weight excluding hydrogens is 732 g/mol. The van der Waals surface area contributed by atoms with Gasteiger partial charge in [-0.3, -0.25) is 4.79 Å². The van der Waals surface area contributed by atoms with Crippen molar-refractivity contribution in [2.45, 2.75) is 69.6 Å². The molecule has 0 radical (unpaired) electrons. The minimum Gasteiger partial charge on any atom is -0.481 e. The molecule has 4 aliphatic rings. The van der Waals surface area contributed by atoms with Crippen molar-refractivity contribution in [3.63, 3.8) is 0 Å². The number of rotatable bonds is 14. The van der Waals surface area contributed by atoms with E-state index in [-0.39, 0.29) is 56.5 Å². The minimum absolute atomic E-state index is 0.120. The molecule has 3 fully saturated rings.